The van der Waals surface area contributed by atoms with E-state index in [0.717, 1.165) is 13.0 Å². The molecule has 2 rings (SSSR count). The van der Waals surface area contributed by atoms with Gasteiger partial charge in [0.25, 0.3) is 0 Å². The van der Waals surface area contributed by atoms with E-state index in [2.05, 4.69) is 23.7 Å². The molecule has 0 fully saturated rings. The first kappa shape index (κ1) is 18.7. The van der Waals surface area contributed by atoms with E-state index < -0.39 is 0 Å². The van der Waals surface area contributed by atoms with Crippen LogP contribution in [0.2, 0.25) is 0 Å². The number of rotatable bonds is 0. The molecule has 0 saturated heterocycles. The monoisotopic (exact) mass is 251 g/mol. The molecule has 82 valence electrons. The van der Waals surface area contributed by atoms with Crippen LogP contribution in [0.4, 0.5) is 0 Å². The maximum absolute atomic E-state index is 4.45. The predicted octanol–water partition coefficient (Wildman–Crippen LogP) is 1.80. The Morgan fingerprint density at radius 3 is 2.40 bits per heavy atom. The van der Waals surface area contributed by atoms with Crippen molar-refractivity contribution in [1.29, 1.82) is 0 Å². The molecule has 0 bridgehead atoms. The average molecular weight is 251 g/mol. The molecule has 0 radical (unpaired) electrons. The van der Waals surface area contributed by atoms with E-state index in [4.69, 9.17) is 0 Å². The van der Waals surface area contributed by atoms with Gasteiger partial charge in [0.2, 0.25) is 0 Å². The maximum Gasteiger partial charge on any atom is 1.00 e. The topological polar surface area (TPSA) is 14.1 Å². The van der Waals surface area contributed by atoms with Gasteiger partial charge in [-0.05, 0) is 28.3 Å². The SMILES string of the molecule is CC.CC.CC1[N-]CCc2ccsc21.[K+]. The molecule has 0 aromatic carbocycles. The van der Waals surface area contributed by atoms with Crippen molar-refractivity contribution in [3.8, 4) is 0 Å². The first-order valence-corrected chi connectivity index (χ1v) is 6.49. The second-order valence-corrected chi connectivity index (χ2v) is 3.59. The number of nitrogens with zero attached hydrogens (tertiary/aromatic N) is 1. The number of hydrogen-bond donors (Lipinski definition) is 0. The molecule has 1 atom stereocenters. The normalized spacial score (nSPS) is 17.0. The van der Waals surface area contributed by atoms with Gasteiger partial charge in [-0.3, -0.25) is 0 Å². The summed E-state index contributed by atoms with van der Waals surface area (Å²) >= 11 is 1.84. The quantitative estimate of drug-likeness (QED) is 0.624. The van der Waals surface area contributed by atoms with Crippen molar-refractivity contribution in [2.75, 3.05) is 6.54 Å². The van der Waals surface area contributed by atoms with Crippen LogP contribution in [0.1, 0.15) is 51.1 Å². The minimum absolute atomic E-state index is 0. The van der Waals surface area contributed by atoms with Crippen LogP contribution in [0.3, 0.4) is 0 Å². The standard InChI is InChI=1S/C8H10NS.2C2H6.K/c1-6-8-7(2-4-9-6)3-5-10-8;2*1-2;/h3,5-6H,2,4H2,1H3;2*1-2H3;/q-1;;;+1. The molecule has 1 aromatic rings. The molecule has 0 amide bonds. The first-order chi connectivity index (χ1) is 6.88. The van der Waals surface area contributed by atoms with Crippen molar-refractivity contribution >= 4 is 11.3 Å². The molecule has 1 aliphatic heterocycles. The van der Waals surface area contributed by atoms with Crippen molar-refractivity contribution in [1.82, 2.24) is 0 Å². The fourth-order valence-corrected chi connectivity index (χ4v) is 2.35. The van der Waals surface area contributed by atoms with E-state index in [9.17, 15) is 0 Å². The Hall–Kier alpha value is 1.30. The van der Waals surface area contributed by atoms with Gasteiger partial charge in [0.05, 0.1) is 0 Å². The summed E-state index contributed by atoms with van der Waals surface area (Å²) in [4.78, 5) is 1.48. The average Bonchev–Trinajstić information content (AvgIpc) is 2.73. The summed E-state index contributed by atoms with van der Waals surface area (Å²) in [6.07, 6.45) is 1.16. The minimum atomic E-state index is 0. The van der Waals surface area contributed by atoms with E-state index in [0.29, 0.717) is 6.04 Å². The van der Waals surface area contributed by atoms with Gasteiger partial charge in [-0.2, -0.15) is 11.3 Å². The largest absolute Gasteiger partial charge is 1.00 e. The van der Waals surface area contributed by atoms with Crippen molar-refractivity contribution in [2.24, 2.45) is 0 Å². The molecule has 1 aromatic heterocycles. The van der Waals surface area contributed by atoms with Gasteiger partial charge in [0.1, 0.15) is 0 Å². The Morgan fingerprint density at radius 2 is 1.87 bits per heavy atom. The zero-order valence-electron chi connectivity index (χ0n) is 11.0. The van der Waals surface area contributed by atoms with Crippen LogP contribution in [-0.2, 0) is 6.42 Å². The van der Waals surface area contributed by atoms with Gasteiger partial charge in [0, 0.05) is 0 Å². The van der Waals surface area contributed by atoms with Crippen molar-refractivity contribution in [3.05, 3.63) is 27.2 Å². The van der Waals surface area contributed by atoms with Crippen molar-refractivity contribution in [3.63, 3.8) is 0 Å². The molecule has 3 heteroatoms. The number of thiophene rings is 1. The molecular formula is C12H22KNS. The molecule has 15 heavy (non-hydrogen) atoms. The van der Waals surface area contributed by atoms with Gasteiger partial charge >= 0.3 is 51.4 Å². The van der Waals surface area contributed by atoms with E-state index in [1.54, 1.807) is 0 Å². The molecule has 1 aliphatic rings. The Bertz CT molecular complexity index is 235. The van der Waals surface area contributed by atoms with Crippen LogP contribution < -0.4 is 51.4 Å². The molecule has 0 N–H and O–H groups in total. The third-order valence-electron chi connectivity index (χ3n) is 1.94. The zero-order valence-corrected chi connectivity index (χ0v) is 14.9. The third kappa shape index (κ3) is 5.96. The van der Waals surface area contributed by atoms with Crippen molar-refractivity contribution in [2.45, 2.75) is 47.1 Å². The summed E-state index contributed by atoms with van der Waals surface area (Å²) < 4.78 is 0. The van der Waals surface area contributed by atoms with Crippen LogP contribution in [-0.4, -0.2) is 6.54 Å². The molecule has 0 spiro atoms. The Kier molecular flexibility index (Phi) is 14.6. The van der Waals surface area contributed by atoms with Crippen LogP contribution >= 0.6 is 11.3 Å². The summed E-state index contributed by atoms with van der Waals surface area (Å²) in [7, 11) is 0. The van der Waals surface area contributed by atoms with Crippen molar-refractivity contribution < 1.29 is 51.4 Å². The Labute approximate surface area is 141 Å². The maximum atomic E-state index is 4.45. The van der Waals surface area contributed by atoms with Gasteiger partial charge in [-0.1, -0.05) is 34.6 Å². The summed E-state index contributed by atoms with van der Waals surface area (Å²) in [6.45, 7) is 11.2. The molecule has 0 saturated carbocycles. The molecule has 2 heterocycles. The summed E-state index contributed by atoms with van der Waals surface area (Å²) in [5.74, 6) is 0. The molecule has 1 nitrogen and oxygen atoms in total. The number of fused-ring (bicyclic) bond motifs is 1. The van der Waals surface area contributed by atoms with Gasteiger partial charge in [-0.15, -0.1) is 12.6 Å². The predicted molar refractivity (Wildman–Crippen MR) is 67.4 cm³/mol. The van der Waals surface area contributed by atoms with Gasteiger partial charge < -0.3 is 5.32 Å². The van der Waals surface area contributed by atoms with Gasteiger partial charge in [-0.25, -0.2) is 0 Å². The first-order valence-electron chi connectivity index (χ1n) is 5.61. The van der Waals surface area contributed by atoms with E-state index in [1.807, 2.05) is 39.0 Å². The van der Waals surface area contributed by atoms with E-state index in [1.165, 1.54) is 10.4 Å². The van der Waals surface area contributed by atoms with Crippen LogP contribution in [0.5, 0.6) is 0 Å². The molecule has 1 unspecified atom stereocenters. The van der Waals surface area contributed by atoms with Crippen LogP contribution in [0, 0.1) is 0 Å². The summed E-state index contributed by atoms with van der Waals surface area (Å²) in [5.41, 5.74) is 1.52. The second-order valence-electron chi connectivity index (χ2n) is 2.64. The molecule has 0 aliphatic carbocycles. The third-order valence-corrected chi connectivity index (χ3v) is 3.07. The van der Waals surface area contributed by atoms with Crippen LogP contribution in [0.15, 0.2) is 11.4 Å². The van der Waals surface area contributed by atoms with E-state index in [-0.39, 0.29) is 51.4 Å². The number of hydrogen-bond acceptors (Lipinski definition) is 1. The smallest absolute Gasteiger partial charge is 0.655 e. The fraction of sp³-hybridized carbons (Fsp3) is 0.667. The van der Waals surface area contributed by atoms with E-state index >= 15 is 0 Å². The fourth-order valence-electron chi connectivity index (χ4n) is 1.38. The molecular weight excluding hydrogens is 229 g/mol. The Morgan fingerprint density at radius 1 is 1.27 bits per heavy atom. The second kappa shape index (κ2) is 11.8. The minimum Gasteiger partial charge on any atom is -0.655 e. The van der Waals surface area contributed by atoms with Gasteiger partial charge in [0.15, 0.2) is 0 Å². The summed E-state index contributed by atoms with van der Waals surface area (Å²) in [5, 5.41) is 6.62. The van der Waals surface area contributed by atoms with Crippen LogP contribution in [0.25, 0.3) is 5.32 Å². The summed E-state index contributed by atoms with van der Waals surface area (Å²) in [6, 6.07) is 2.69. The Balaban J connectivity index is 0. The zero-order chi connectivity index (χ0) is 11.0.